The van der Waals surface area contributed by atoms with Crippen molar-refractivity contribution >= 4 is 40.7 Å². The second-order valence-corrected chi connectivity index (χ2v) is 8.11. The zero-order valence-electron chi connectivity index (χ0n) is 14.1. The molecule has 2 aliphatic heterocycles. The quantitative estimate of drug-likeness (QED) is 0.637. The van der Waals surface area contributed by atoms with E-state index in [2.05, 4.69) is 10.2 Å². The zero-order valence-corrected chi connectivity index (χ0v) is 15.8. The molecule has 0 unspecified atom stereocenters. The summed E-state index contributed by atoms with van der Waals surface area (Å²) in [6.45, 7) is 2.22. The molecule has 0 spiro atoms. The fraction of sp³-hybridized carbons (Fsp3) is 0.316. The zero-order chi connectivity index (χ0) is 18.1. The van der Waals surface area contributed by atoms with Crippen LogP contribution in [0.5, 0.6) is 0 Å². The molecule has 4 heterocycles. The molecule has 0 aliphatic carbocycles. The maximum Gasteiger partial charge on any atom is 0.250 e. The van der Waals surface area contributed by atoms with Gasteiger partial charge in [-0.15, -0.1) is 11.3 Å². The molecule has 2 aromatic rings. The molecule has 2 aliphatic rings. The highest BCUT2D eigenvalue weighted by Crippen LogP contribution is 2.34. The molecule has 2 bridgehead atoms. The van der Waals surface area contributed by atoms with Gasteiger partial charge in [-0.1, -0.05) is 12.1 Å². The van der Waals surface area contributed by atoms with Gasteiger partial charge < -0.3 is 9.47 Å². The summed E-state index contributed by atoms with van der Waals surface area (Å²) < 4.78 is 1.89. The van der Waals surface area contributed by atoms with Crippen molar-refractivity contribution < 1.29 is 4.79 Å². The number of carbonyl (C=O) groups excluding carboxylic acids is 1. The number of thiocarbonyl (C=S) groups is 1. The van der Waals surface area contributed by atoms with E-state index in [-0.39, 0.29) is 17.4 Å². The van der Waals surface area contributed by atoms with E-state index in [1.165, 1.54) is 6.08 Å². The molecule has 1 saturated heterocycles. The van der Waals surface area contributed by atoms with Crippen LogP contribution in [0.15, 0.2) is 46.6 Å². The van der Waals surface area contributed by atoms with Crippen LogP contribution in [-0.2, 0) is 11.3 Å². The minimum atomic E-state index is -0.212. The van der Waals surface area contributed by atoms with Crippen molar-refractivity contribution in [2.45, 2.75) is 18.9 Å². The minimum Gasteiger partial charge on any atom is -0.348 e. The van der Waals surface area contributed by atoms with Crippen molar-refractivity contribution in [3.63, 3.8) is 0 Å². The van der Waals surface area contributed by atoms with Gasteiger partial charge in [0.2, 0.25) is 5.91 Å². The van der Waals surface area contributed by atoms with E-state index < -0.39 is 0 Å². The molecule has 1 N–H and O–H groups in total. The standard InChI is InChI=1S/C19H19N3O2S2/c23-17(7-6-15-3-2-8-26-15)20-19(25)21-10-13-9-14(12-21)16-4-1-5-18(24)22(16)11-13/h1-8,13-14H,9-12H2,(H,20,23,25)/b7-6+/t13-,14-/m1/s1. The van der Waals surface area contributed by atoms with E-state index >= 15 is 0 Å². The summed E-state index contributed by atoms with van der Waals surface area (Å²) >= 11 is 7.04. The van der Waals surface area contributed by atoms with Crippen LogP contribution in [0.25, 0.3) is 6.08 Å². The number of rotatable bonds is 2. The second-order valence-electron chi connectivity index (χ2n) is 6.75. The molecule has 1 fully saturated rings. The number of hydrogen-bond donors (Lipinski definition) is 1. The topological polar surface area (TPSA) is 54.3 Å². The first kappa shape index (κ1) is 17.2. The molecule has 2 atom stereocenters. The van der Waals surface area contributed by atoms with Gasteiger partial charge in [0.15, 0.2) is 5.11 Å². The Labute approximate surface area is 160 Å². The third-order valence-electron chi connectivity index (χ3n) is 4.94. The van der Waals surface area contributed by atoms with Gasteiger partial charge in [-0.25, -0.2) is 0 Å². The first-order chi connectivity index (χ1) is 12.6. The smallest absolute Gasteiger partial charge is 0.250 e. The van der Waals surface area contributed by atoms with Gasteiger partial charge in [-0.3, -0.25) is 14.9 Å². The first-order valence-electron chi connectivity index (χ1n) is 8.61. The number of thiophene rings is 1. The van der Waals surface area contributed by atoms with Crippen LogP contribution in [0.2, 0.25) is 0 Å². The van der Waals surface area contributed by atoms with Crippen LogP contribution in [-0.4, -0.2) is 33.6 Å². The van der Waals surface area contributed by atoms with Gasteiger partial charge in [-0.2, -0.15) is 0 Å². The molecular weight excluding hydrogens is 366 g/mol. The van der Waals surface area contributed by atoms with Gasteiger partial charge in [0.05, 0.1) is 0 Å². The van der Waals surface area contributed by atoms with Crippen molar-refractivity contribution in [2.24, 2.45) is 5.92 Å². The van der Waals surface area contributed by atoms with Crippen molar-refractivity contribution in [3.05, 3.63) is 62.7 Å². The normalized spacial score (nSPS) is 21.5. The Morgan fingerprint density at radius 3 is 2.92 bits per heavy atom. The monoisotopic (exact) mass is 385 g/mol. The Morgan fingerprint density at radius 1 is 1.23 bits per heavy atom. The van der Waals surface area contributed by atoms with Crippen molar-refractivity contribution in [1.29, 1.82) is 0 Å². The fourth-order valence-corrected chi connectivity index (χ4v) is 4.70. The molecule has 4 rings (SSSR count). The summed E-state index contributed by atoms with van der Waals surface area (Å²) in [5.74, 6) is 0.432. The van der Waals surface area contributed by atoms with Crippen molar-refractivity contribution in [2.75, 3.05) is 13.1 Å². The largest absolute Gasteiger partial charge is 0.348 e. The molecule has 0 saturated carbocycles. The SMILES string of the molecule is O=C(/C=C/c1cccs1)NC(=S)N1C[C@H]2C[C@H](C1)c1cccc(=O)n1C2. The summed E-state index contributed by atoms with van der Waals surface area (Å²) in [5, 5.41) is 5.24. The number of fused-ring (bicyclic) bond motifs is 4. The van der Waals surface area contributed by atoms with Crippen LogP contribution in [0.3, 0.4) is 0 Å². The Morgan fingerprint density at radius 2 is 2.12 bits per heavy atom. The van der Waals surface area contributed by atoms with Crippen molar-refractivity contribution in [3.8, 4) is 0 Å². The van der Waals surface area contributed by atoms with E-state index in [0.29, 0.717) is 11.0 Å². The molecular formula is C19H19N3O2S2. The highest BCUT2D eigenvalue weighted by molar-refractivity contribution is 7.80. The molecule has 7 heteroatoms. The molecule has 134 valence electrons. The van der Waals surface area contributed by atoms with E-state index in [1.807, 2.05) is 34.2 Å². The van der Waals surface area contributed by atoms with E-state index in [4.69, 9.17) is 12.2 Å². The predicted molar refractivity (Wildman–Crippen MR) is 107 cm³/mol. The molecule has 0 aromatic carbocycles. The highest BCUT2D eigenvalue weighted by atomic mass is 32.1. The van der Waals surface area contributed by atoms with E-state index in [9.17, 15) is 9.59 Å². The number of amides is 1. The Kier molecular flexibility index (Phi) is 4.74. The number of pyridine rings is 1. The minimum absolute atomic E-state index is 0.0697. The summed E-state index contributed by atoms with van der Waals surface area (Å²) in [6, 6.07) is 9.37. The number of likely N-dealkylation sites (tertiary alicyclic amines) is 1. The van der Waals surface area contributed by atoms with Crippen LogP contribution >= 0.6 is 23.6 Å². The number of piperidine rings is 1. The van der Waals surface area contributed by atoms with Gasteiger partial charge >= 0.3 is 0 Å². The molecule has 0 radical (unpaired) electrons. The Hall–Kier alpha value is -2.25. The average molecular weight is 386 g/mol. The summed E-state index contributed by atoms with van der Waals surface area (Å²) in [4.78, 5) is 27.3. The third kappa shape index (κ3) is 3.50. The van der Waals surface area contributed by atoms with Crippen LogP contribution in [0.4, 0.5) is 0 Å². The van der Waals surface area contributed by atoms with Gasteiger partial charge in [-0.05, 0) is 48.1 Å². The number of hydrogen-bond acceptors (Lipinski definition) is 4. The molecule has 1 amide bonds. The molecule has 5 nitrogen and oxygen atoms in total. The molecule has 2 aromatic heterocycles. The molecule has 26 heavy (non-hydrogen) atoms. The lowest BCUT2D eigenvalue weighted by atomic mass is 9.83. The Bertz CT molecular complexity index is 917. The fourth-order valence-electron chi connectivity index (χ4n) is 3.83. The summed E-state index contributed by atoms with van der Waals surface area (Å²) in [5.41, 5.74) is 1.14. The predicted octanol–water partition coefficient (Wildman–Crippen LogP) is 2.44. The number of nitrogens with one attached hydrogen (secondary N) is 1. The van der Waals surface area contributed by atoms with Gasteiger partial charge in [0.25, 0.3) is 5.56 Å². The number of carbonyl (C=O) groups is 1. The second kappa shape index (κ2) is 7.17. The Balaban J connectivity index is 1.42. The maximum absolute atomic E-state index is 12.1. The van der Waals surface area contributed by atoms with Gasteiger partial charge in [0.1, 0.15) is 0 Å². The van der Waals surface area contributed by atoms with Crippen LogP contribution < -0.4 is 10.9 Å². The summed E-state index contributed by atoms with van der Waals surface area (Å²) in [6.07, 6.45) is 4.36. The lowest BCUT2D eigenvalue weighted by Crippen LogP contribution is -2.52. The van der Waals surface area contributed by atoms with Crippen LogP contribution in [0, 0.1) is 5.92 Å². The van der Waals surface area contributed by atoms with Crippen molar-refractivity contribution in [1.82, 2.24) is 14.8 Å². The number of nitrogens with zero attached hydrogens (tertiary/aromatic N) is 2. The maximum atomic E-state index is 12.1. The van der Waals surface area contributed by atoms with E-state index in [1.54, 1.807) is 23.5 Å². The number of aromatic nitrogens is 1. The van der Waals surface area contributed by atoms with E-state index in [0.717, 1.165) is 36.6 Å². The lowest BCUT2D eigenvalue weighted by molar-refractivity contribution is -0.115. The average Bonchev–Trinajstić information content (AvgIpc) is 3.14. The highest BCUT2D eigenvalue weighted by Gasteiger charge is 2.35. The van der Waals surface area contributed by atoms with Crippen LogP contribution in [0.1, 0.15) is 22.9 Å². The lowest BCUT2D eigenvalue weighted by Gasteiger charge is -2.43. The summed E-state index contributed by atoms with van der Waals surface area (Å²) in [7, 11) is 0. The first-order valence-corrected chi connectivity index (χ1v) is 9.90. The third-order valence-corrected chi connectivity index (χ3v) is 6.14. The van der Waals surface area contributed by atoms with Gasteiger partial charge in [0, 0.05) is 48.3 Å².